The molecule has 0 aromatic heterocycles. The second-order valence-electron chi connectivity index (χ2n) is 2.61. The van der Waals surface area contributed by atoms with Crippen LogP contribution in [0.5, 0.6) is 0 Å². The summed E-state index contributed by atoms with van der Waals surface area (Å²) in [7, 11) is -3.91. The van der Waals surface area contributed by atoms with E-state index in [9.17, 15) is 13.2 Å². The van der Waals surface area contributed by atoms with Crippen molar-refractivity contribution in [3.05, 3.63) is 35.8 Å². The highest BCUT2D eigenvalue weighted by Crippen LogP contribution is 2.16. The quantitative estimate of drug-likeness (QED) is 0.516. The molecule has 0 bridgehead atoms. The number of Topliss-reactive ketones (excluding diaryl/α,β-unsaturated/α-hetero) is 1. The Morgan fingerprint density at radius 1 is 1.57 bits per heavy atom. The fraction of sp³-hybridized carbons (Fsp3) is 0.222. The molecule has 0 aromatic rings. The smallest absolute Gasteiger partial charge is 0.293 e. The summed E-state index contributed by atoms with van der Waals surface area (Å²) in [6, 6.07) is 0. The molecule has 0 fully saturated rings. The molecule has 0 atom stereocenters. The average molecular weight is 214 g/mol. The van der Waals surface area contributed by atoms with E-state index in [-0.39, 0.29) is 17.9 Å². The summed E-state index contributed by atoms with van der Waals surface area (Å²) in [5.41, 5.74) is 0. The fourth-order valence-electron chi connectivity index (χ4n) is 0.948. The summed E-state index contributed by atoms with van der Waals surface area (Å²) in [5, 5.41) is 0. The second kappa shape index (κ2) is 4.34. The van der Waals surface area contributed by atoms with Gasteiger partial charge in [-0.25, -0.2) is 0 Å². The van der Waals surface area contributed by atoms with Crippen LogP contribution in [0.3, 0.4) is 0 Å². The van der Waals surface area contributed by atoms with Gasteiger partial charge >= 0.3 is 10.1 Å². The van der Waals surface area contributed by atoms with Crippen molar-refractivity contribution in [3.63, 3.8) is 0 Å². The highest BCUT2D eigenvalue weighted by Gasteiger charge is 2.25. The number of hydrogen-bond donors (Lipinski definition) is 0. The monoisotopic (exact) mass is 214 g/mol. The maximum atomic E-state index is 11.4. The van der Waals surface area contributed by atoms with E-state index in [1.165, 1.54) is 18.2 Å². The zero-order valence-corrected chi connectivity index (χ0v) is 8.29. The van der Waals surface area contributed by atoms with Gasteiger partial charge in [0.15, 0.2) is 5.78 Å². The first-order valence-corrected chi connectivity index (χ1v) is 5.39. The molecule has 5 heteroatoms. The molecule has 0 heterocycles. The third-order valence-electron chi connectivity index (χ3n) is 1.57. The highest BCUT2D eigenvalue weighted by molar-refractivity contribution is 7.91. The van der Waals surface area contributed by atoms with Crippen molar-refractivity contribution in [2.45, 2.75) is 6.42 Å². The number of carbonyl (C=O) groups excluding carboxylic acids is 1. The van der Waals surface area contributed by atoms with E-state index in [1.807, 2.05) is 0 Å². The summed E-state index contributed by atoms with van der Waals surface area (Å²) >= 11 is 0. The van der Waals surface area contributed by atoms with Gasteiger partial charge in [0, 0.05) is 6.42 Å². The minimum absolute atomic E-state index is 0.0997. The minimum Gasteiger partial charge on any atom is -0.293 e. The molecule has 0 saturated carbocycles. The summed E-state index contributed by atoms with van der Waals surface area (Å²) in [6.07, 6.45) is 5.76. The van der Waals surface area contributed by atoms with Crippen LogP contribution in [-0.2, 0) is 19.1 Å². The maximum Gasteiger partial charge on any atom is 0.300 e. The number of ketones is 1. The van der Waals surface area contributed by atoms with Gasteiger partial charge in [0.25, 0.3) is 0 Å². The van der Waals surface area contributed by atoms with E-state index in [0.29, 0.717) is 0 Å². The Kier molecular flexibility index (Phi) is 3.38. The lowest BCUT2D eigenvalue weighted by molar-refractivity contribution is -0.114. The highest BCUT2D eigenvalue weighted by atomic mass is 32.2. The molecule has 0 amide bonds. The molecule has 1 aliphatic carbocycles. The van der Waals surface area contributed by atoms with E-state index >= 15 is 0 Å². The predicted octanol–water partition coefficient (Wildman–Crippen LogP) is 0.932. The van der Waals surface area contributed by atoms with Gasteiger partial charge in [-0.1, -0.05) is 18.2 Å². The van der Waals surface area contributed by atoms with E-state index in [0.717, 1.165) is 0 Å². The van der Waals surface area contributed by atoms with E-state index < -0.39 is 15.9 Å². The average Bonchev–Trinajstić information content (AvgIpc) is 2.15. The molecular weight excluding hydrogens is 204 g/mol. The lowest BCUT2D eigenvalue weighted by Crippen LogP contribution is -2.17. The van der Waals surface area contributed by atoms with Crippen LogP contribution in [0.4, 0.5) is 0 Å². The maximum absolute atomic E-state index is 11.4. The Morgan fingerprint density at radius 3 is 2.86 bits per heavy atom. The van der Waals surface area contributed by atoms with Gasteiger partial charge in [-0.2, -0.15) is 8.42 Å². The molecule has 14 heavy (non-hydrogen) atoms. The summed E-state index contributed by atoms with van der Waals surface area (Å²) < 4.78 is 27.2. The van der Waals surface area contributed by atoms with Crippen LogP contribution in [-0.4, -0.2) is 20.8 Å². The zero-order valence-electron chi connectivity index (χ0n) is 7.47. The Hall–Kier alpha value is -1.20. The second-order valence-corrected chi connectivity index (χ2v) is 4.20. The molecule has 0 spiro atoms. The van der Waals surface area contributed by atoms with E-state index in [4.69, 9.17) is 0 Å². The van der Waals surface area contributed by atoms with Gasteiger partial charge in [0.1, 0.15) is 4.91 Å². The molecule has 0 unspecified atom stereocenters. The Morgan fingerprint density at radius 2 is 2.29 bits per heavy atom. The molecule has 0 saturated heterocycles. The summed E-state index contributed by atoms with van der Waals surface area (Å²) in [5.74, 6) is -0.448. The third kappa shape index (κ3) is 2.40. The van der Waals surface area contributed by atoms with Crippen LogP contribution in [0.1, 0.15) is 6.42 Å². The van der Waals surface area contributed by atoms with Gasteiger partial charge in [-0.3, -0.25) is 8.98 Å². The molecule has 1 rings (SSSR count). The van der Waals surface area contributed by atoms with Gasteiger partial charge in [0.05, 0.1) is 6.61 Å². The fourth-order valence-corrected chi connectivity index (χ4v) is 1.96. The first-order chi connectivity index (χ1) is 6.58. The van der Waals surface area contributed by atoms with Gasteiger partial charge < -0.3 is 0 Å². The normalized spacial score (nSPS) is 16.6. The largest absolute Gasteiger partial charge is 0.300 e. The lowest BCUT2D eigenvalue weighted by atomic mass is 10.2. The molecule has 0 aromatic carbocycles. The van der Waals surface area contributed by atoms with E-state index in [2.05, 4.69) is 10.8 Å². The van der Waals surface area contributed by atoms with Crippen molar-refractivity contribution in [1.82, 2.24) is 0 Å². The van der Waals surface area contributed by atoms with Crippen LogP contribution in [0, 0.1) is 0 Å². The first kappa shape index (κ1) is 10.9. The molecule has 0 aliphatic heterocycles. The van der Waals surface area contributed by atoms with Crippen molar-refractivity contribution in [2.24, 2.45) is 0 Å². The third-order valence-corrected chi connectivity index (χ3v) is 2.92. The molecule has 76 valence electrons. The van der Waals surface area contributed by atoms with Crippen LogP contribution < -0.4 is 0 Å². The summed E-state index contributed by atoms with van der Waals surface area (Å²) in [6.45, 7) is 3.19. The molecule has 1 aliphatic rings. The topological polar surface area (TPSA) is 60.4 Å². The Balaban J connectivity index is 2.91. The minimum atomic E-state index is -3.91. The zero-order chi connectivity index (χ0) is 10.6. The van der Waals surface area contributed by atoms with Gasteiger partial charge in [-0.05, 0) is 6.08 Å². The SMILES string of the molecule is C=CCOS(=O)(=O)C1=CC=CCC1=O. The number of hydrogen-bond acceptors (Lipinski definition) is 4. The predicted molar refractivity (Wildman–Crippen MR) is 51.9 cm³/mol. The molecular formula is C9H10O4S. The van der Waals surface area contributed by atoms with Crippen LogP contribution in [0.15, 0.2) is 35.8 Å². The van der Waals surface area contributed by atoms with E-state index in [1.54, 1.807) is 6.08 Å². The van der Waals surface area contributed by atoms with Crippen molar-refractivity contribution < 1.29 is 17.4 Å². The molecule has 0 N–H and O–H groups in total. The first-order valence-electron chi connectivity index (χ1n) is 3.98. The van der Waals surface area contributed by atoms with Crippen molar-refractivity contribution >= 4 is 15.9 Å². The van der Waals surface area contributed by atoms with Crippen LogP contribution >= 0.6 is 0 Å². The Bertz CT molecular complexity index is 401. The van der Waals surface area contributed by atoms with Crippen molar-refractivity contribution in [2.75, 3.05) is 6.61 Å². The number of carbonyl (C=O) groups is 1. The van der Waals surface area contributed by atoms with Crippen LogP contribution in [0.25, 0.3) is 0 Å². The molecule has 4 nitrogen and oxygen atoms in total. The van der Waals surface area contributed by atoms with Crippen LogP contribution in [0.2, 0.25) is 0 Å². The molecule has 0 radical (unpaired) electrons. The van der Waals surface area contributed by atoms with Crippen molar-refractivity contribution in [1.29, 1.82) is 0 Å². The van der Waals surface area contributed by atoms with Gasteiger partial charge in [-0.15, -0.1) is 6.58 Å². The summed E-state index contributed by atoms with van der Waals surface area (Å²) in [4.78, 5) is 10.9. The number of allylic oxidation sites excluding steroid dienone is 4. The number of rotatable bonds is 4. The standard InChI is InChI=1S/C9H10O4S/c1-2-7-13-14(11,12)9-6-4-3-5-8(9)10/h2-4,6H,1,5,7H2. The lowest BCUT2D eigenvalue weighted by Gasteiger charge is -2.07. The Labute approximate surface area is 82.7 Å². The van der Waals surface area contributed by atoms with Gasteiger partial charge in [0.2, 0.25) is 0 Å². The van der Waals surface area contributed by atoms with Crippen molar-refractivity contribution in [3.8, 4) is 0 Å².